The molecule has 2 amide bonds. The molecule has 0 heterocycles. The maximum absolute atomic E-state index is 14.5. The van der Waals surface area contributed by atoms with Crippen LogP contribution in [0.5, 0.6) is 0 Å². The second kappa shape index (κ2) is 15.7. The van der Waals surface area contributed by atoms with Crippen molar-refractivity contribution in [2.24, 2.45) is 0 Å². The van der Waals surface area contributed by atoms with Crippen molar-refractivity contribution >= 4 is 39.1 Å². The molecule has 1 unspecified atom stereocenters. The summed E-state index contributed by atoms with van der Waals surface area (Å²) < 4.78 is 29.4. The van der Waals surface area contributed by atoms with Crippen molar-refractivity contribution in [3.63, 3.8) is 0 Å². The maximum atomic E-state index is 14.5. The van der Waals surface area contributed by atoms with E-state index in [9.17, 15) is 18.0 Å². The van der Waals surface area contributed by atoms with Crippen molar-refractivity contribution in [2.45, 2.75) is 57.5 Å². The molecule has 0 radical (unpaired) electrons. The van der Waals surface area contributed by atoms with Gasteiger partial charge in [0.1, 0.15) is 12.6 Å². The Kier molecular flexibility index (Phi) is 11.8. The number of rotatable bonds is 14. The molecule has 0 fully saturated rings. The Labute approximate surface area is 271 Å². The Morgan fingerprint density at radius 2 is 1.44 bits per heavy atom. The van der Waals surface area contributed by atoms with Crippen molar-refractivity contribution in [3.8, 4) is 0 Å². The Hall–Kier alpha value is -4.14. The third-order valence-corrected chi connectivity index (χ3v) is 9.47. The lowest BCUT2D eigenvalue weighted by atomic mass is 10.0. The van der Waals surface area contributed by atoms with Crippen LogP contribution in [-0.4, -0.2) is 44.3 Å². The Morgan fingerprint density at radius 3 is 2.07 bits per heavy atom. The molecule has 7 nitrogen and oxygen atoms in total. The van der Waals surface area contributed by atoms with Gasteiger partial charge >= 0.3 is 0 Å². The van der Waals surface area contributed by atoms with Gasteiger partial charge in [-0.1, -0.05) is 91.7 Å². The Morgan fingerprint density at radius 1 is 0.822 bits per heavy atom. The molecule has 9 heteroatoms. The molecule has 45 heavy (non-hydrogen) atoms. The highest BCUT2D eigenvalue weighted by atomic mass is 35.5. The number of sulfonamides is 1. The molecule has 1 N–H and O–H groups in total. The van der Waals surface area contributed by atoms with Crippen molar-refractivity contribution < 1.29 is 18.0 Å². The highest BCUT2D eigenvalue weighted by Gasteiger charge is 2.34. The van der Waals surface area contributed by atoms with Gasteiger partial charge in [0.25, 0.3) is 10.0 Å². The van der Waals surface area contributed by atoms with Crippen molar-refractivity contribution in [3.05, 3.63) is 130 Å². The first kappa shape index (κ1) is 33.7. The SMILES string of the molecule is CCCCNC(=O)C(Cc1ccccc1)N(Cc1cccc(Cl)c1)C(=O)CN(c1cc(C)cc(C)c1)S(=O)(=O)c1ccccc1. The molecule has 0 spiro atoms. The second-order valence-electron chi connectivity index (χ2n) is 11.2. The molecule has 1 atom stereocenters. The predicted octanol–water partition coefficient (Wildman–Crippen LogP) is 6.71. The number of anilines is 1. The van der Waals surface area contributed by atoms with E-state index in [4.69, 9.17) is 11.6 Å². The lowest BCUT2D eigenvalue weighted by molar-refractivity contribution is -0.140. The number of carbonyl (C=O) groups excluding carboxylic acids is 2. The van der Waals surface area contributed by atoms with Gasteiger partial charge in [0.05, 0.1) is 10.6 Å². The summed E-state index contributed by atoms with van der Waals surface area (Å²) in [6.07, 6.45) is 1.94. The predicted molar refractivity (Wildman–Crippen MR) is 181 cm³/mol. The number of benzene rings is 4. The molecule has 4 aromatic carbocycles. The number of hydrogen-bond donors (Lipinski definition) is 1. The Balaban J connectivity index is 1.81. The molecule has 0 bridgehead atoms. The lowest BCUT2D eigenvalue weighted by Crippen LogP contribution is -2.53. The highest BCUT2D eigenvalue weighted by molar-refractivity contribution is 7.92. The van der Waals surface area contributed by atoms with Crippen molar-refractivity contribution in [2.75, 3.05) is 17.4 Å². The van der Waals surface area contributed by atoms with E-state index in [0.717, 1.165) is 39.4 Å². The largest absolute Gasteiger partial charge is 0.354 e. The van der Waals surface area contributed by atoms with E-state index in [2.05, 4.69) is 5.32 Å². The average molecular weight is 646 g/mol. The van der Waals surface area contributed by atoms with E-state index in [1.165, 1.54) is 17.0 Å². The van der Waals surface area contributed by atoms with Crippen LogP contribution in [-0.2, 0) is 32.6 Å². The number of halogens is 1. The first-order valence-corrected chi connectivity index (χ1v) is 16.9. The van der Waals surface area contributed by atoms with E-state index in [1.807, 2.05) is 63.2 Å². The standard InChI is InChI=1S/C36H40ClN3O4S/c1-4-5-19-38-36(42)34(24-29-13-8-6-9-14-29)39(25-30-15-12-16-31(37)23-30)35(41)26-40(32-21-27(2)20-28(3)22-32)45(43,44)33-17-10-7-11-18-33/h6-18,20-23,34H,4-5,19,24-26H2,1-3H3,(H,38,42). The quantitative estimate of drug-likeness (QED) is 0.155. The monoisotopic (exact) mass is 645 g/mol. The topological polar surface area (TPSA) is 86.8 Å². The summed E-state index contributed by atoms with van der Waals surface area (Å²) in [5.74, 6) is -0.813. The zero-order chi connectivity index (χ0) is 32.4. The summed E-state index contributed by atoms with van der Waals surface area (Å²) in [6, 6.07) is 29.2. The molecule has 4 aromatic rings. The van der Waals surface area contributed by atoms with Crippen LogP contribution < -0.4 is 9.62 Å². The normalized spacial score (nSPS) is 11.9. The minimum atomic E-state index is -4.15. The van der Waals surface area contributed by atoms with E-state index < -0.39 is 28.5 Å². The molecule has 0 aliphatic heterocycles. The first-order valence-electron chi connectivity index (χ1n) is 15.1. The fraction of sp³-hybridized carbons (Fsp3) is 0.278. The summed E-state index contributed by atoms with van der Waals surface area (Å²) in [5, 5.41) is 3.50. The smallest absolute Gasteiger partial charge is 0.264 e. The number of hydrogen-bond acceptors (Lipinski definition) is 4. The summed E-state index contributed by atoms with van der Waals surface area (Å²) in [7, 11) is -4.15. The van der Waals surface area contributed by atoms with Gasteiger partial charge in [0, 0.05) is 24.5 Å². The van der Waals surface area contributed by atoms with Crippen LogP contribution >= 0.6 is 11.6 Å². The van der Waals surface area contributed by atoms with Crippen LogP contribution in [0, 0.1) is 13.8 Å². The molecule has 4 rings (SSSR count). The number of unbranched alkanes of at least 4 members (excludes halogenated alkanes) is 1. The minimum absolute atomic E-state index is 0.0597. The maximum Gasteiger partial charge on any atom is 0.264 e. The van der Waals surface area contributed by atoms with Gasteiger partial charge in [-0.2, -0.15) is 0 Å². The van der Waals surface area contributed by atoms with Gasteiger partial charge in [-0.15, -0.1) is 0 Å². The second-order valence-corrected chi connectivity index (χ2v) is 13.5. The van der Waals surface area contributed by atoms with Crippen LogP contribution in [0.2, 0.25) is 5.02 Å². The summed E-state index contributed by atoms with van der Waals surface area (Å²) in [6.45, 7) is 5.83. The van der Waals surface area contributed by atoms with Crippen LogP contribution in [0.25, 0.3) is 0 Å². The van der Waals surface area contributed by atoms with Crippen LogP contribution in [0.4, 0.5) is 5.69 Å². The first-order chi connectivity index (χ1) is 21.6. The van der Waals surface area contributed by atoms with E-state index >= 15 is 0 Å². The molecular formula is C36H40ClN3O4S. The summed E-state index contributed by atoms with van der Waals surface area (Å²) >= 11 is 6.32. The molecular weight excluding hydrogens is 606 g/mol. The van der Waals surface area contributed by atoms with Gasteiger partial charge in [-0.3, -0.25) is 13.9 Å². The molecule has 236 valence electrons. The number of nitrogens with zero attached hydrogens (tertiary/aromatic N) is 2. The van der Waals surface area contributed by atoms with Crippen molar-refractivity contribution in [1.82, 2.24) is 10.2 Å². The van der Waals surface area contributed by atoms with Gasteiger partial charge in [-0.25, -0.2) is 8.42 Å². The zero-order valence-corrected chi connectivity index (χ0v) is 27.5. The summed E-state index contributed by atoms with van der Waals surface area (Å²) in [4.78, 5) is 29.9. The molecule has 0 aliphatic rings. The number of amides is 2. The Bertz CT molecular complexity index is 1680. The highest BCUT2D eigenvalue weighted by Crippen LogP contribution is 2.27. The average Bonchev–Trinajstić information content (AvgIpc) is 3.02. The van der Waals surface area contributed by atoms with Crippen LogP contribution in [0.3, 0.4) is 0 Å². The summed E-state index contributed by atoms with van der Waals surface area (Å²) in [5.41, 5.74) is 3.69. The van der Waals surface area contributed by atoms with E-state index in [-0.39, 0.29) is 23.8 Å². The zero-order valence-electron chi connectivity index (χ0n) is 25.9. The number of aryl methyl sites for hydroxylation is 2. The number of carbonyl (C=O) groups is 2. The van der Waals surface area contributed by atoms with Crippen LogP contribution in [0.15, 0.2) is 108 Å². The van der Waals surface area contributed by atoms with Gasteiger partial charge in [-0.05, 0) is 78.9 Å². The minimum Gasteiger partial charge on any atom is -0.354 e. The van der Waals surface area contributed by atoms with Crippen LogP contribution in [0.1, 0.15) is 42.0 Å². The molecule has 0 saturated heterocycles. The van der Waals surface area contributed by atoms with Crippen molar-refractivity contribution in [1.29, 1.82) is 0 Å². The third kappa shape index (κ3) is 9.19. The third-order valence-electron chi connectivity index (χ3n) is 7.45. The number of nitrogens with one attached hydrogen (secondary N) is 1. The van der Waals surface area contributed by atoms with E-state index in [0.29, 0.717) is 17.3 Å². The van der Waals surface area contributed by atoms with Gasteiger partial charge in [0.2, 0.25) is 11.8 Å². The van der Waals surface area contributed by atoms with Gasteiger partial charge in [0.15, 0.2) is 0 Å². The molecule has 0 saturated carbocycles. The lowest BCUT2D eigenvalue weighted by Gasteiger charge is -2.34. The molecule has 0 aromatic heterocycles. The fourth-order valence-electron chi connectivity index (χ4n) is 5.24. The molecule has 0 aliphatic carbocycles. The van der Waals surface area contributed by atoms with Gasteiger partial charge < -0.3 is 10.2 Å². The fourth-order valence-corrected chi connectivity index (χ4v) is 6.87. The van der Waals surface area contributed by atoms with E-state index in [1.54, 1.807) is 48.5 Å².